The van der Waals surface area contributed by atoms with Crippen LogP contribution in [0.15, 0.2) is 67.1 Å². The molecule has 8 heteroatoms. The highest BCUT2D eigenvalue weighted by Crippen LogP contribution is 2.25. The number of aldehydes is 1. The van der Waals surface area contributed by atoms with Crippen molar-refractivity contribution in [3.63, 3.8) is 0 Å². The SMILES string of the molecule is CSCCC(C=O)NNC(=O)c1ccc(/C=C/C(=O)Cc2cn(C)cn2)cc1-c1ccccc1. The molecular weight excluding hydrogens is 448 g/mol. The third-order valence-corrected chi connectivity index (χ3v) is 5.76. The van der Waals surface area contributed by atoms with Crippen molar-refractivity contribution >= 4 is 35.8 Å². The van der Waals surface area contributed by atoms with Crippen LogP contribution in [0.3, 0.4) is 0 Å². The van der Waals surface area contributed by atoms with E-state index in [0.29, 0.717) is 17.7 Å². The summed E-state index contributed by atoms with van der Waals surface area (Å²) in [7, 11) is 1.86. The summed E-state index contributed by atoms with van der Waals surface area (Å²) in [4.78, 5) is 40.7. The smallest absolute Gasteiger partial charge is 0.266 e. The van der Waals surface area contributed by atoms with E-state index in [2.05, 4.69) is 15.8 Å². The minimum Gasteiger partial charge on any atom is -0.340 e. The van der Waals surface area contributed by atoms with Gasteiger partial charge in [0.2, 0.25) is 0 Å². The predicted molar refractivity (Wildman–Crippen MR) is 136 cm³/mol. The van der Waals surface area contributed by atoms with E-state index >= 15 is 0 Å². The molecule has 2 N–H and O–H groups in total. The number of nitrogens with one attached hydrogen (secondary N) is 2. The number of carbonyl (C=O) groups excluding carboxylic acids is 3. The molecule has 0 saturated carbocycles. The van der Waals surface area contributed by atoms with E-state index < -0.39 is 6.04 Å². The highest BCUT2D eigenvalue weighted by Gasteiger charge is 2.15. The van der Waals surface area contributed by atoms with Crippen LogP contribution in [-0.2, 0) is 23.1 Å². The predicted octanol–water partition coefficient (Wildman–Crippen LogP) is 3.47. The lowest BCUT2D eigenvalue weighted by Crippen LogP contribution is -2.45. The van der Waals surface area contributed by atoms with Gasteiger partial charge in [-0.25, -0.2) is 10.4 Å². The van der Waals surface area contributed by atoms with Crippen molar-refractivity contribution in [1.29, 1.82) is 0 Å². The second kappa shape index (κ2) is 12.7. The Morgan fingerprint density at radius 3 is 2.65 bits per heavy atom. The molecule has 1 heterocycles. The summed E-state index contributed by atoms with van der Waals surface area (Å²) in [6.45, 7) is 0. The van der Waals surface area contributed by atoms with Crippen LogP contribution in [-0.4, -0.2) is 45.6 Å². The number of benzene rings is 2. The molecule has 0 spiro atoms. The Labute approximate surface area is 203 Å². The molecule has 1 atom stereocenters. The minimum atomic E-state index is -0.455. The first kappa shape index (κ1) is 25.1. The number of aryl methyl sites for hydroxylation is 1. The molecular formula is C26H28N4O3S. The van der Waals surface area contributed by atoms with E-state index in [4.69, 9.17) is 0 Å². The number of amides is 1. The molecule has 3 rings (SSSR count). The van der Waals surface area contributed by atoms with Crippen molar-refractivity contribution in [2.24, 2.45) is 7.05 Å². The summed E-state index contributed by atoms with van der Waals surface area (Å²) in [5, 5.41) is 0. The Hall–Kier alpha value is -3.49. The number of rotatable bonds is 12. The summed E-state index contributed by atoms with van der Waals surface area (Å²) in [5.41, 5.74) is 9.04. The third-order valence-electron chi connectivity index (χ3n) is 5.12. The lowest BCUT2D eigenvalue weighted by Gasteiger charge is -2.15. The van der Waals surface area contributed by atoms with Gasteiger partial charge in [0.25, 0.3) is 5.91 Å². The van der Waals surface area contributed by atoms with Gasteiger partial charge in [-0.2, -0.15) is 11.8 Å². The van der Waals surface area contributed by atoms with Crippen LogP contribution >= 0.6 is 11.8 Å². The molecule has 0 saturated heterocycles. The van der Waals surface area contributed by atoms with Crippen molar-refractivity contribution in [3.05, 3.63) is 84.0 Å². The van der Waals surface area contributed by atoms with E-state index in [1.54, 1.807) is 40.9 Å². The third kappa shape index (κ3) is 7.26. The fourth-order valence-electron chi connectivity index (χ4n) is 3.35. The van der Waals surface area contributed by atoms with Crippen molar-refractivity contribution in [2.75, 3.05) is 12.0 Å². The molecule has 176 valence electrons. The van der Waals surface area contributed by atoms with Gasteiger partial charge in [-0.15, -0.1) is 0 Å². The molecule has 0 aliphatic heterocycles. The van der Waals surface area contributed by atoms with Crippen molar-refractivity contribution < 1.29 is 14.4 Å². The van der Waals surface area contributed by atoms with Crippen LogP contribution in [0, 0.1) is 0 Å². The normalized spacial score (nSPS) is 11.9. The highest BCUT2D eigenvalue weighted by atomic mass is 32.2. The molecule has 0 aliphatic carbocycles. The van der Waals surface area contributed by atoms with Crippen LogP contribution in [0.25, 0.3) is 17.2 Å². The Bertz CT molecular complexity index is 1160. The van der Waals surface area contributed by atoms with Crippen molar-refractivity contribution in [3.8, 4) is 11.1 Å². The van der Waals surface area contributed by atoms with E-state index in [-0.39, 0.29) is 18.1 Å². The maximum Gasteiger partial charge on any atom is 0.266 e. The molecule has 2 aromatic carbocycles. The number of imidazole rings is 1. The summed E-state index contributed by atoms with van der Waals surface area (Å²) in [5.74, 6) is 0.412. The number of hydrogen-bond acceptors (Lipinski definition) is 6. The molecule has 0 bridgehead atoms. The van der Waals surface area contributed by atoms with E-state index in [1.807, 2.05) is 55.9 Å². The maximum atomic E-state index is 12.9. The van der Waals surface area contributed by atoms with Gasteiger partial charge in [0.1, 0.15) is 6.29 Å². The van der Waals surface area contributed by atoms with E-state index in [1.165, 1.54) is 6.08 Å². The fraction of sp³-hybridized carbons (Fsp3) is 0.231. The Kier molecular flexibility index (Phi) is 9.37. The summed E-state index contributed by atoms with van der Waals surface area (Å²) >= 11 is 1.64. The topological polar surface area (TPSA) is 93.1 Å². The molecule has 1 aromatic heterocycles. The number of ketones is 1. The molecule has 7 nitrogen and oxygen atoms in total. The second-order valence-electron chi connectivity index (χ2n) is 7.80. The zero-order chi connectivity index (χ0) is 24.3. The first-order valence-electron chi connectivity index (χ1n) is 10.9. The first-order valence-corrected chi connectivity index (χ1v) is 12.3. The number of allylic oxidation sites excluding steroid dienone is 1. The number of hydrogen-bond donors (Lipinski definition) is 2. The van der Waals surface area contributed by atoms with Crippen molar-refractivity contribution in [2.45, 2.75) is 18.9 Å². The average Bonchev–Trinajstić information content (AvgIpc) is 3.27. The minimum absolute atomic E-state index is 0.0591. The van der Waals surface area contributed by atoms with Gasteiger partial charge in [-0.05, 0) is 53.3 Å². The second-order valence-corrected chi connectivity index (χ2v) is 8.79. The number of carbonyl (C=O) groups is 3. The zero-order valence-electron chi connectivity index (χ0n) is 19.2. The average molecular weight is 477 g/mol. The van der Waals surface area contributed by atoms with E-state index in [9.17, 15) is 14.4 Å². The summed E-state index contributed by atoms with van der Waals surface area (Å²) < 4.78 is 1.80. The number of aromatic nitrogens is 2. The van der Waals surface area contributed by atoms with Crippen molar-refractivity contribution in [1.82, 2.24) is 20.4 Å². The van der Waals surface area contributed by atoms with Gasteiger partial charge in [-0.3, -0.25) is 15.0 Å². The van der Waals surface area contributed by atoms with Gasteiger partial charge >= 0.3 is 0 Å². The molecule has 0 fully saturated rings. The number of thioether (sulfide) groups is 1. The quantitative estimate of drug-likeness (QED) is 0.236. The summed E-state index contributed by atoms with van der Waals surface area (Å²) in [6.07, 6.45) is 10.4. The fourth-order valence-corrected chi connectivity index (χ4v) is 3.84. The van der Waals surface area contributed by atoms with E-state index in [0.717, 1.165) is 28.7 Å². The molecule has 1 unspecified atom stereocenters. The molecule has 34 heavy (non-hydrogen) atoms. The van der Waals surface area contributed by atoms with Gasteiger partial charge in [0.05, 0.1) is 24.5 Å². The highest BCUT2D eigenvalue weighted by molar-refractivity contribution is 7.98. The van der Waals surface area contributed by atoms with Crippen LogP contribution in [0.4, 0.5) is 0 Å². The van der Waals surface area contributed by atoms with Gasteiger partial charge in [0, 0.05) is 18.8 Å². The molecule has 0 aliphatic rings. The molecule has 3 aromatic rings. The maximum absolute atomic E-state index is 12.9. The molecule has 1 amide bonds. The Morgan fingerprint density at radius 2 is 1.97 bits per heavy atom. The standard InChI is InChI=1S/C26H28N4O3S/c1-30-16-22(27-18-30)15-23(32)10-8-19-9-11-24(25(14-19)20-6-4-3-5-7-20)26(33)29-28-21(17-31)12-13-34-2/h3-11,14,16-18,21,28H,12-13,15H2,1-2H3,(H,29,33)/b10-8+. The lowest BCUT2D eigenvalue weighted by molar-refractivity contribution is -0.114. The van der Waals surface area contributed by atoms with Crippen LogP contribution in [0.5, 0.6) is 0 Å². The Morgan fingerprint density at radius 1 is 1.18 bits per heavy atom. The van der Waals surface area contributed by atoms with Crippen LogP contribution < -0.4 is 10.9 Å². The van der Waals surface area contributed by atoms with Gasteiger partial charge in [-0.1, -0.05) is 42.5 Å². The van der Waals surface area contributed by atoms with Gasteiger partial charge < -0.3 is 9.36 Å². The zero-order valence-corrected chi connectivity index (χ0v) is 20.0. The largest absolute Gasteiger partial charge is 0.340 e. The lowest BCUT2D eigenvalue weighted by atomic mass is 9.96. The van der Waals surface area contributed by atoms with Gasteiger partial charge in [0.15, 0.2) is 5.78 Å². The summed E-state index contributed by atoms with van der Waals surface area (Å²) in [6, 6.07) is 14.5. The first-order chi connectivity index (χ1) is 16.5. The number of nitrogens with zero attached hydrogens (tertiary/aromatic N) is 2. The van der Waals surface area contributed by atoms with Crippen LogP contribution in [0.2, 0.25) is 0 Å². The number of hydrazine groups is 1. The monoisotopic (exact) mass is 476 g/mol. The Balaban J connectivity index is 1.78. The van der Waals surface area contributed by atoms with Crippen LogP contribution in [0.1, 0.15) is 28.0 Å². The molecule has 0 radical (unpaired) electrons.